The van der Waals surface area contributed by atoms with Crippen LogP contribution in [0.15, 0.2) is 12.1 Å². The van der Waals surface area contributed by atoms with Gasteiger partial charge in [0.15, 0.2) is 0 Å². The molecular formula is C12H16ClN3S. The Morgan fingerprint density at radius 3 is 2.82 bits per heavy atom. The first-order chi connectivity index (χ1) is 8.13. The van der Waals surface area contributed by atoms with Crippen molar-refractivity contribution in [2.45, 2.75) is 33.2 Å². The van der Waals surface area contributed by atoms with Crippen LogP contribution in [-0.2, 0) is 0 Å². The Balaban J connectivity index is 2.34. The Kier molecular flexibility index (Phi) is 3.84. The van der Waals surface area contributed by atoms with Crippen LogP contribution >= 0.6 is 23.3 Å². The smallest absolute Gasteiger partial charge is 0.129 e. The zero-order valence-corrected chi connectivity index (χ0v) is 11.8. The molecule has 1 N–H and O–H groups in total. The summed E-state index contributed by atoms with van der Waals surface area (Å²) in [5.74, 6) is 0.591. The molecule has 0 aliphatic rings. The molecule has 92 valence electrons. The monoisotopic (exact) mass is 269 g/mol. The lowest BCUT2D eigenvalue weighted by Gasteiger charge is -2.21. The molecular weight excluding hydrogens is 254 g/mol. The van der Waals surface area contributed by atoms with Crippen LogP contribution in [0.2, 0.25) is 5.02 Å². The van der Waals surface area contributed by atoms with Crippen molar-refractivity contribution in [1.82, 2.24) is 8.75 Å². The fraction of sp³-hybridized carbons (Fsp3) is 0.500. The van der Waals surface area contributed by atoms with Crippen LogP contribution in [0.25, 0.3) is 11.0 Å². The van der Waals surface area contributed by atoms with E-state index in [4.69, 9.17) is 11.6 Å². The molecule has 0 fully saturated rings. The number of nitrogens with zero attached hydrogens (tertiary/aromatic N) is 2. The maximum Gasteiger partial charge on any atom is 0.129 e. The molecule has 2 atom stereocenters. The van der Waals surface area contributed by atoms with Crippen molar-refractivity contribution in [3.8, 4) is 0 Å². The van der Waals surface area contributed by atoms with Crippen LogP contribution in [0.1, 0.15) is 27.2 Å². The maximum atomic E-state index is 6.23. The molecule has 1 aromatic carbocycles. The van der Waals surface area contributed by atoms with Gasteiger partial charge in [-0.25, -0.2) is 0 Å². The van der Waals surface area contributed by atoms with Gasteiger partial charge in [0.2, 0.25) is 0 Å². The van der Waals surface area contributed by atoms with Gasteiger partial charge in [-0.2, -0.15) is 8.75 Å². The second kappa shape index (κ2) is 5.19. The third-order valence-electron chi connectivity index (χ3n) is 3.25. The fourth-order valence-electron chi connectivity index (χ4n) is 1.69. The molecule has 0 bridgehead atoms. The molecule has 0 aliphatic heterocycles. The van der Waals surface area contributed by atoms with Gasteiger partial charge in [0.25, 0.3) is 0 Å². The van der Waals surface area contributed by atoms with Gasteiger partial charge in [0.1, 0.15) is 11.0 Å². The third kappa shape index (κ3) is 2.53. The molecule has 0 amide bonds. The Bertz CT molecular complexity index is 511. The van der Waals surface area contributed by atoms with Crippen LogP contribution < -0.4 is 5.32 Å². The van der Waals surface area contributed by atoms with Crippen molar-refractivity contribution in [2.75, 3.05) is 5.32 Å². The van der Waals surface area contributed by atoms with E-state index in [0.29, 0.717) is 17.0 Å². The molecule has 0 radical (unpaired) electrons. The van der Waals surface area contributed by atoms with Gasteiger partial charge in [-0.05, 0) is 25.0 Å². The van der Waals surface area contributed by atoms with Crippen molar-refractivity contribution in [3.05, 3.63) is 17.2 Å². The van der Waals surface area contributed by atoms with Gasteiger partial charge in [-0.1, -0.05) is 31.9 Å². The summed E-state index contributed by atoms with van der Waals surface area (Å²) in [5.41, 5.74) is 2.68. The lowest BCUT2D eigenvalue weighted by atomic mass is 10.0. The number of aromatic nitrogens is 2. The number of hydrogen-bond acceptors (Lipinski definition) is 4. The maximum absolute atomic E-state index is 6.23. The molecule has 1 aromatic heterocycles. The SMILES string of the molecule is CCC(C)C(C)Nc1c(Cl)ccc2nsnc12. The molecule has 0 saturated carbocycles. The number of rotatable bonds is 4. The summed E-state index contributed by atoms with van der Waals surface area (Å²) in [6.45, 7) is 6.59. The molecule has 0 aliphatic carbocycles. The summed E-state index contributed by atoms with van der Waals surface area (Å²) in [7, 11) is 0. The summed E-state index contributed by atoms with van der Waals surface area (Å²) >= 11 is 7.44. The first-order valence-corrected chi connectivity index (χ1v) is 6.91. The van der Waals surface area contributed by atoms with E-state index in [9.17, 15) is 0 Å². The van der Waals surface area contributed by atoms with E-state index in [2.05, 4.69) is 34.8 Å². The van der Waals surface area contributed by atoms with Crippen LogP contribution in [0.4, 0.5) is 5.69 Å². The Labute approximate surface area is 111 Å². The van der Waals surface area contributed by atoms with Crippen molar-refractivity contribution >= 4 is 40.0 Å². The lowest BCUT2D eigenvalue weighted by Crippen LogP contribution is -2.23. The lowest BCUT2D eigenvalue weighted by molar-refractivity contribution is 0.495. The average Bonchev–Trinajstić information content (AvgIpc) is 2.80. The highest BCUT2D eigenvalue weighted by molar-refractivity contribution is 7.00. The Morgan fingerprint density at radius 2 is 2.12 bits per heavy atom. The first kappa shape index (κ1) is 12.6. The average molecular weight is 270 g/mol. The molecule has 0 spiro atoms. The molecule has 2 aromatic rings. The Morgan fingerprint density at radius 1 is 1.35 bits per heavy atom. The highest BCUT2D eigenvalue weighted by Crippen LogP contribution is 2.31. The quantitative estimate of drug-likeness (QED) is 0.904. The van der Waals surface area contributed by atoms with E-state index in [1.165, 1.54) is 11.7 Å². The van der Waals surface area contributed by atoms with Crippen LogP contribution in [0, 0.1) is 5.92 Å². The zero-order chi connectivity index (χ0) is 12.4. The van der Waals surface area contributed by atoms with Gasteiger partial charge < -0.3 is 5.32 Å². The summed E-state index contributed by atoms with van der Waals surface area (Å²) in [4.78, 5) is 0. The van der Waals surface area contributed by atoms with Crippen molar-refractivity contribution in [1.29, 1.82) is 0 Å². The molecule has 5 heteroatoms. The van der Waals surface area contributed by atoms with Gasteiger partial charge in [0.05, 0.1) is 22.4 Å². The van der Waals surface area contributed by atoms with E-state index in [1.807, 2.05) is 12.1 Å². The first-order valence-electron chi connectivity index (χ1n) is 5.80. The highest BCUT2D eigenvalue weighted by atomic mass is 35.5. The minimum Gasteiger partial charge on any atom is -0.379 e. The summed E-state index contributed by atoms with van der Waals surface area (Å²) < 4.78 is 8.53. The second-order valence-corrected chi connectivity index (χ2v) is 5.31. The summed E-state index contributed by atoms with van der Waals surface area (Å²) in [5, 5.41) is 4.17. The third-order valence-corrected chi connectivity index (χ3v) is 4.10. The number of anilines is 1. The molecule has 17 heavy (non-hydrogen) atoms. The number of fused-ring (bicyclic) bond motifs is 1. The van der Waals surface area contributed by atoms with Crippen molar-refractivity contribution in [3.63, 3.8) is 0 Å². The minimum atomic E-state index is 0.366. The van der Waals surface area contributed by atoms with Crippen LogP contribution in [0.3, 0.4) is 0 Å². The highest BCUT2D eigenvalue weighted by Gasteiger charge is 2.15. The van der Waals surface area contributed by atoms with E-state index in [0.717, 1.165) is 23.1 Å². The number of halogens is 1. The van der Waals surface area contributed by atoms with Gasteiger partial charge >= 0.3 is 0 Å². The molecule has 2 unspecified atom stereocenters. The van der Waals surface area contributed by atoms with Crippen LogP contribution in [0.5, 0.6) is 0 Å². The number of hydrogen-bond donors (Lipinski definition) is 1. The predicted molar refractivity (Wildman–Crippen MR) is 75.0 cm³/mol. The topological polar surface area (TPSA) is 37.8 Å². The summed E-state index contributed by atoms with van der Waals surface area (Å²) in [6.07, 6.45) is 1.14. The molecule has 2 rings (SSSR count). The normalized spacial score (nSPS) is 14.8. The van der Waals surface area contributed by atoms with E-state index < -0.39 is 0 Å². The Hall–Kier alpha value is -0.870. The van der Waals surface area contributed by atoms with Crippen molar-refractivity contribution < 1.29 is 0 Å². The number of benzene rings is 1. The summed E-state index contributed by atoms with van der Waals surface area (Å²) in [6, 6.07) is 4.14. The van der Waals surface area contributed by atoms with E-state index in [-0.39, 0.29) is 0 Å². The zero-order valence-electron chi connectivity index (χ0n) is 10.2. The fourth-order valence-corrected chi connectivity index (χ4v) is 2.44. The number of nitrogens with one attached hydrogen (secondary N) is 1. The minimum absolute atomic E-state index is 0.366. The van der Waals surface area contributed by atoms with E-state index in [1.54, 1.807) is 0 Å². The second-order valence-electron chi connectivity index (χ2n) is 4.37. The van der Waals surface area contributed by atoms with Gasteiger partial charge in [0, 0.05) is 6.04 Å². The van der Waals surface area contributed by atoms with Gasteiger partial charge in [-0.3, -0.25) is 0 Å². The molecule has 1 heterocycles. The molecule has 0 saturated heterocycles. The predicted octanol–water partition coefficient (Wildman–Crippen LogP) is 4.19. The van der Waals surface area contributed by atoms with Gasteiger partial charge in [-0.15, -0.1) is 0 Å². The largest absolute Gasteiger partial charge is 0.379 e. The standard InChI is InChI=1S/C12H16ClN3S/c1-4-7(2)8(3)14-11-9(13)5-6-10-12(11)16-17-15-10/h5-8,14H,4H2,1-3H3. The van der Waals surface area contributed by atoms with Crippen LogP contribution in [-0.4, -0.2) is 14.8 Å². The van der Waals surface area contributed by atoms with E-state index >= 15 is 0 Å². The van der Waals surface area contributed by atoms with Crippen molar-refractivity contribution in [2.24, 2.45) is 5.92 Å². The molecule has 3 nitrogen and oxygen atoms in total.